The molecule has 1 fully saturated rings. The number of hydrogen-bond acceptors (Lipinski definition) is 7. The van der Waals surface area contributed by atoms with Crippen molar-refractivity contribution in [3.63, 3.8) is 0 Å². The number of nitro groups is 1. The lowest BCUT2D eigenvalue weighted by molar-refractivity contribution is -0.384. The van der Waals surface area contributed by atoms with Gasteiger partial charge in [0.2, 0.25) is 0 Å². The van der Waals surface area contributed by atoms with Crippen molar-refractivity contribution in [2.45, 2.75) is 32.5 Å². The van der Waals surface area contributed by atoms with Crippen molar-refractivity contribution in [2.75, 3.05) is 19.8 Å². The van der Waals surface area contributed by atoms with E-state index >= 15 is 0 Å². The van der Waals surface area contributed by atoms with E-state index in [0.29, 0.717) is 6.61 Å². The number of alkyl carbamates (subject to hydrolysis) is 1. The van der Waals surface area contributed by atoms with Crippen LogP contribution >= 0.6 is 0 Å². The molecule has 1 unspecified atom stereocenters. The fourth-order valence-corrected chi connectivity index (χ4v) is 2.35. The molecule has 26 heavy (non-hydrogen) atoms. The molecule has 2 atom stereocenters. The Morgan fingerprint density at radius 3 is 2.50 bits per heavy atom. The van der Waals surface area contributed by atoms with Crippen molar-refractivity contribution in [3.8, 4) is 0 Å². The van der Waals surface area contributed by atoms with Crippen LogP contribution in [0.5, 0.6) is 0 Å². The molecule has 142 valence electrons. The van der Waals surface area contributed by atoms with Crippen LogP contribution in [0.3, 0.4) is 0 Å². The maximum atomic E-state index is 12.2. The van der Waals surface area contributed by atoms with Crippen LogP contribution in [0, 0.1) is 16.0 Å². The predicted octanol–water partition coefficient (Wildman–Crippen LogP) is 2.29. The molecule has 9 heteroatoms. The smallest absolute Gasteiger partial charge is 0.407 e. The second kappa shape index (κ2) is 8.13. The SMILES string of the molecule is CC(C)(C)OC(=O)NC[C@H]1COCC1OC(=O)c1ccc([N+](=O)[O-])cc1. The Bertz CT molecular complexity index is 667. The van der Waals surface area contributed by atoms with Crippen molar-refractivity contribution in [3.05, 3.63) is 39.9 Å². The van der Waals surface area contributed by atoms with Crippen LogP contribution in [-0.2, 0) is 14.2 Å². The van der Waals surface area contributed by atoms with Gasteiger partial charge in [0.05, 0.1) is 23.7 Å². The summed E-state index contributed by atoms with van der Waals surface area (Å²) in [5, 5.41) is 13.3. The summed E-state index contributed by atoms with van der Waals surface area (Å²) in [5.74, 6) is -0.804. The Balaban J connectivity index is 1.88. The normalized spacial score (nSPS) is 19.7. The Morgan fingerprint density at radius 2 is 1.92 bits per heavy atom. The zero-order chi connectivity index (χ0) is 19.3. The van der Waals surface area contributed by atoms with E-state index in [1.807, 2.05) is 0 Å². The molecule has 1 aromatic carbocycles. The first-order valence-corrected chi connectivity index (χ1v) is 8.16. The molecule has 9 nitrogen and oxygen atoms in total. The minimum Gasteiger partial charge on any atom is -0.456 e. The molecule has 2 rings (SSSR count). The van der Waals surface area contributed by atoms with Crippen molar-refractivity contribution in [1.82, 2.24) is 5.32 Å². The number of ether oxygens (including phenoxy) is 3. The summed E-state index contributed by atoms with van der Waals surface area (Å²) < 4.78 is 15.9. The largest absolute Gasteiger partial charge is 0.456 e. The fraction of sp³-hybridized carbons (Fsp3) is 0.529. The molecule has 1 heterocycles. The predicted molar refractivity (Wildman–Crippen MR) is 90.8 cm³/mol. The van der Waals surface area contributed by atoms with Crippen LogP contribution in [0.2, 0.25) is 0 Å². The van der Waals surface area contributed by atoms with Crippen LogP contribution in [-0.4, -0.2) is 48.4 Å². The number of nitrogens with zero attached hydrogens (tertiary/aromatic N) is 1. The number of nitro benzene ring substituents is 1. The minimum absolute atomic E-state index is 0.106. The highest BCUT2D eigenvalue weighted by atomic mass is 16.6. The Morgan fingerprint density at radius 1 is 1.27 bits per heavy atom. The molecule has 0 aromatic heterocycles. The molecule has 0 saturated carbocycles. The quantitative estimate of drug-likeness (QED) is 0.482. The van der Waals surface area contributed by atoms with E-state index in [-0.39, 0.29) is 30.3 Å². The zero-order valence-electron chi connectivity index (χ0n) is 14.9. The lowest BCUT2D eigenvalue weighted by atomic mass is 10.1. The lowest BCUT2D eigenvalue weighted by Gasteiger charge is -2.22. The summed E-state index contributed by atoms with van der Waals surface area (Å²) in [5.41, 5.74) is -0.496. The second-order valence-corrected chi connectivity index (χ2v) is 6.93. The number of non-ortho nitro benzene ring substituents is 1. The van der Waals surface area contributed by atoms with Gasteiger partial charge >= 0.3 is 12.1 Å². The molecule has 1 amide bonds. The molecule has 0 spiro atoms. The molecular formula is C17H22N2O7. The van der Waals surface area contributed by atoms with Gasteiger partial charge in [0.25, 0.3) is 5.69 Å². The number of benzene rings is 1. The molecule has 1 N–H and O–H groups in total. The highest BCUT2D eigenvalue weighted by Crippen LogP contribution is 2.20. The number of rotatable bonds is 5. The zero-order valence-corrected chi connectivity index (χ0v) is 14.9. The number of amides is 1. The van der Waals surface area contributed by atoms with Crippen molar-refractivity contribution in [2.24, 2.45) is 5.92 Å². The van der Waals surface area contributed by atoms with Gasteiger partial charge in [-0.1, -0.05) is 0 Å². The first-order chi connectivity index (χ1) is 12.2. The van der Waals surface area contributed by atoms with Gasteiger partial charge in [-0.15, -0.1) is 0 Å². The molecule has 0 aliphatic carbocycles. The van der Waals surface area contributed by atoms with E-state index in [0.717, 1.165) is 0 Å². The van der Waals surface area contributed by atoms with Gasteiger partial charge in [0.1, 0.15) is 11.7 Å². The van der Waals surface area contributed by atoms with Gasteiger partial charge in [-0.05, 0) is 32.9 Å². The lowest BCUT2D eigenvalue weighted by Crippen LogP contribution is -2.39. The number of carbonyl (C=O) groups is 2. The average Bonchev–Trinajstić information content (AvgIpc) is 2.98. The minimum atomic E-state index is -0.599. The highest BCUT2D eigenvalue weighted by Gasteiger charge is 2.32. The third-order valence-corrected chi connectivity index (χ3v) is 3.62. The second-order valence-electron chi connectivity index (χ2n) is 6.93. The maximum Gasteiger partial charge on any atom is 0.407 e. The van der Waals surface area contributed by atoms with Gasteiger partial charge in [0.15, 0.2) is 0 Å². The van der Waals surface area contributed by atoms with E-state index < -0.39 is 28.7 Å². The molecular weight excluding hydrogens is 344 g/mol. The summed E-state index contributed by atoms with van der Waals surface area (Å²) >= 11 is 0. The third-order valence-electron chi connectivity index (χ3n) is 3.62. The van der Waals surface area contributed by atoms with Crippen LogP contribution in [0.15, 0.2) is 24.3 Å². The third kappa shape index (κ3) is 5.69. The number of carbonyl (C=O) groups excluding carboxylic acids is 2. The van der Waals surface area contributed by atoms with Gasteiger partial charge in [-0.3, -0.25) is 10.1 Å². The molecule has 1 aliphatic rings. The van der Waals surface area contributed by atoms with Gasteiger partial charge < -0.3 is 19.5 Å². The van der Waals surface area contributed by atoms with Crippen molar-refractivity contribution >= 4 is 17.7 Å². The standard InChI is InChI=1S/C17H22N2O7/c1-17(2,3)26-16(21)18-8-12-9-24-10-14(12)25-15(20)11-4-6-13(7-5-11)19(22)23/h4-7,12,14H,8-10H2,1-3H3,(H,18,21)/t12-,14?/m0/s1. The summed E-state index contributed by atoms with van der Waals surface area (Å²) in [6.45, 7) is 6.10. The molecule has 1 saturated heterocycles. The van der Waals surface area contributed by atoms with Crippen LogP contribution in [0.25, 0.3) is 0 Å². The van der Waals surface area contributed by atoms with Gasteiger partial charge in [-0.25, -0.2) is 9.59 Å². The van der Waals surface area contributed by atoms with E-state index in [4.69, 9.17) is 14.2 Å². The number of esters is 1. The fourth-order valence-electron chi connectivity index (χ4n) is 2.35. The van der Waals surface area contributed by atoms with Crippen molar-refractivity contribution < 1.29 is 28.7 Å². The van der Waals surface area contributed by atoms with Gasteiger partial charge in [0, 0.05) is 24.6 Å². The number of nitrogens with one attached hydrogen (secondary N) is 1. The van der Waals surface area contributed by atoms with Gasteiger partial charge in [-0.2, -0.15) is 0 Å². The monoisotopic (exact) mass is 366 g/mol. The molecule has 0 radical (unpaired) electrons. The van der Waals surface area contributed by atoms with Crippen LogP contribution in [0.1, 0.15) is 31.1 Å². The van der Waals surface area contributed by atoms with E-state index in [1.165, 1.54) is 24.3 Å². The van der Waals surface area contributed by atoms with E-state index in [2.05, 4.69) is 5.32 Å². The van der Waals surface area contributed by atoms with Crippen molar-refractivity contribution in [1.29, 1.82) is 0 Å². The van der Waals surface area contributed by atoms with Crippen LogP contribution < -0.4 is 5.32 Å². The molecule has 1 aliphatic heterocycles. The summed E-state index contributed by atoms with van der Waals surface area (Å²) in [6, 6.07) is 5.15. The number of hydrogen-bond donors (Lipinski definition) is 1. The topological polar surface area (TPSA) is 117 Å². The molecule has 0 bridgehead atoms. The first-order valence-electron chi connectivity index (χ1n) is 8.16. The Kier molecular flexibility index (Phi) is 6.14. The maximum absolute atomic E-state index is 12.2. The summed E-state index contributed by atoms with van der Waals surface area (Å²) in [6.07, 6.45) is -1.07. The van der Waals surface area contributed by atoms with E-state index in [9.17, 15) is 19.7 Å². The Labute approximate surface area is 150 Å². The first kappa shape index (κ1) is 19.6. The average molecular weight is 366 g/mol. The highest BCUT2D eigenvalue weighted by molar-refractivity contribution is 5.89. The van der Waals surface area contributed by atoms with Crippen LogP contribution in [0.4, 0.5) is 10.5 Å². The van der Waals surface area contributed by atoms with E-state index in [1.54, 1.807) is 20.8 Å². The molecule has 1 aromatic rings. The Hall–Kier alpha value is -2.68. The summed E-state index contributed by atoms with van der Waals surface area (Å²) in [4.78, 5) is 34.0. The summed E-state index contributed by atoms with van der Waals surface area (Å²) in [7, 11) is 0.